The Bertz CT molecular complexity index is 3390. The topological polar surface area (TPSA) is 47.6 Å². The molecule has 5 heteroatoms. The van der Waals surface area contributed by atoms with Gasteiger partial charge < -0.3 is 11.5 Å². The fraction of sp³-hybridized carbons (Fsp3) is 0. The molecule has 2 nitrogen and oxygen atoms in total. The summed E-state index contributed by atoms with van der Waals surface area (Å²) >= 11 is 0. The van der Waals surface area contributed by atoms with Gasteiger partial charge in [-0.2, -0.15) is 0 Å². The van der Waals surface area contributed by atoms with Crippen molar-refractivity contribution in [2.75, 3.05) is 0 Å². The molecule has 69 heavy (non-hydrogen) atoms. The van der Waals surface area contributed by atoms with Gasteiger partial charge in [0.1, 0.15) is 31.8 Å². The van der Waals surface area contributed by atoms with Crippen LogP contribution in [-0.2, 0) is 20.4 Å². The van der Waals surface area contributed by atoms with Crippen LogP contribution in [0.5, 0.6) is 0 Å². The number of hydrogen-bond acceptors (Lipinski definition) is 0. The maximum Gasteiger partial charge on any atom is 2.00 e. The van der Waals surface area contributed by atoms with Gasteiger partial charge >= 0.3 is 20.4 Å². The Morgan fingerprint density at radius 3 is 0.739 bits per heavy atom. The number of fused-ring (bicyclic) bond motifs is 4. The predicted octanol–water partition coefficient (Wildman–Crippen LogP) is 15.7. The Kier molecular flexibility index (Phi) is 13.6. The number of nitrogens with one attached hydrogen (secondary N) is 2. The summed E-state index contributed by atoms with van der Waals surface area (Å²) in [5.74, 6) is 0. The largest absolute Gasteiger partial charge is 2.00 e. The van der Waals surface area contributed by atoms with Gasteiger partial charge in [-0.1, -0.05) is 206 Å². The maximum atomic E-state index is 8.38. The van der Waals surface area contributed by atoms with E-state index < -0.39 is 15.8 Å². The Labute approximate surface area is 420 Å². The fourth-order valence-electron chi connectivity index (χ4n) is 9.95. The van der Waals surface area contributed by atoms with Gasteiger partial charge in [-0.25, -0.2) is 0 Å². The third-order valence-corrected chi connectivity index (χ3v) is 18.6. The molecule has 2 N–H and O–H groups in total. The second-order valence-electron chi connectivity index (χ2n) is 17.1. The van der Waals surface area contributed by atoms with Crippen molar-refractivity contribution < 1.29 is 20.4 Å². The Hall–Kier alpha value is -7.20. The molecule has 0 aliphatic heterocycles. The SMILES string of the molecule is [NH-]c1ccc2ccccc2c1-c1c([NH-])ccc2ccccc12.[Pd+2].c1ccc([PH+](c2ccccc2)c2ccc3ccccc3c2-c2c([PH+](c3ccccc3)c3ccccc3)ccc3ccccc23)cc1. The van der Waals surface area contributed by atoms with E-state index in [0.29, 0.717) is 11.4 Å². The summed E-state index contributed by atoms with van der Waals surface area (Å²) in [7, 11) is -2.74. The summed E-state index contributed by atoms with van der Waals surface area (Å²) in [5.41, 5.74) is 22.1. The molecule has 0 amide bonds. The molecule has 0 saturated carbocycles. The second kappa shape index (κ2) is 20.6. The van der Waals surface area contributed by atoms with Crippen molar-refractivity contribution in [1.29, 1.82) is 0 Å². The van der Waals surface area contributed by atoms with Gasteiger partial charge in [-0.05, 0) is 115 Å². The van der Waals surface area contributed by atoms with Crippen LogP contribution in [0, 0.1) is 0 Å². The number of hydrogen-bond donors (Lipinski definition) is 0. The summed E-state index contributed by atoms with van der Waals surface area (Å²) < 4.78 is 0. The monoisotopic (exact) mass is 1010 g/mol. The van der Waals surface area contributed by atoms with Crippen molar-refractivity contribution in [2.45, 2.75) is 0 Å². The molecule has 0 unspecified atom stereocenters. The zero-order valence-electron chi connectivity index (χ0n) is 37.7. The van der Waals surface area contributed by atoms with Crippen LogP contribution in [0.25, 0.3) is 76.8 Å². The first-order valence-electron chi connectivity index (χ1n) is 23.1. The van der Waals surface area contributed by atoms with Gasteiger partial charge in [0.25, 0.3) is 0 Å². The number of benzene rings is 12. The van der Waals surface area contributed by atoms with E-state index in [9.17, 15) is 0 Å². The van der Waals surface area contributed by atoms with Gasteiger partial charge in [0.2, 0.25) is 0 Å². The van der Waals surface area contributed by atoms with Crippen LogP contribution in [0.3, 0.4) is 0 Å². The van der Waals surface area contributed by atoms with Crippen LogP contribution in [0.4, 0.5) is 11.4 Å². The molecule has 0 heterocycles. The van der Waals surface area contributed by atoms with Crippen molar-refractivity contribution in [2.24, 2.45) is 0 Å². The van der Waals surface area contributed by atoms with Crippen molar-refractivity contribution in [3.05, 3.63) is 278 Å². The molecule has 0 aliphatic carbocycles. The Morgan fingerprint density at radius 2 is 0.449 bits per heavy atom. The first-order chi connectivity index (χ1) is 33.6. The van der Waals surface area contributed by atoms with Crippen LogP contribution in [0.2, 0.25) is 0 Å². The van der Waals surface area contributed by atoms with E-state index in [2.05, 4.69) is 194 Å². The van der Waals surface area contributed by atoms with E-state index in [4.69, 9.17) is 11.5 Å². The van der Waals surface area contributed by atoms with Gasteiger partial charge in [0, 0.05) is 11.1 Å². The first kappa shape index (κ1) is 45.6. The molecule has 332 valence electrons. The van der Waals surface area contributed by atoms with Crippen LogP contribution in [0.1, 0.15) is 0 Å². The smallest absolute Gasteiger partial charge is 0.698 e. The summed E-state index contributed by atoms with van der Waals surface area (Å²) in [6.07, 6.45) is 0. The normalized spacial score (nSPS) is 11.2. The number of rotatable bonds is 8. The van der Waals surface area contributed by atoms with E-state index in [1.165, 1.54) is 64.5 Å². The minimum atomic E-state index is -1.37. The van der Waals surface area contributed by atoms with Gasteiger partial charge in [0.15, 0.2) is 0 Å². The average Bonchev–Trinajstić information content (AvgIpc) is 3.40. The van der Waals surface area contributed by atoms with E-state index in [0.717, 1.165) is 32.7 Å². The van der Waals surface area contributed by atoms with Crippen molar-refractivity contribution in [3.63, 3.8) is 0 Å². The van der Waals surface area contributed by atoms with Crippen molar-refractivity contribution >= 4 is 102 Å². The third-order valence-electron chi connectivity index (χ3n) is 13.0. The molecule has 0 aromatic heterocycles. The van der Waals surface area contributed by atoms with Gasteiger partial charge in [-0.3, -0.25) is 0 Å². The van der Waals surface area contributed by atoms with E-state index >= 15 is 0 Å². The van der Waals surface area contributed by atoms with Gasteiger partial charge in [-0.15, -0.1) is 11.4 Å². The molecular weight excluding hydrogens is 965 g/mol. The minimum Gasteiger partial charge on any atom is -0.698 e. The van der Waals surface area contributed by atoms with Crippen LogP contribution in [-0.4, -0.2) is 0 Å². The molecule has 12 aromatic carbocycles. The second-order valence-corrected chi connectivity index (χ2v) is 21.9. The molecule has 0 spiro atoms. The minimum absolute atomic E-state index is 0. The molecule has 0 fully saturated rings. The zero-order chi connectivity index (χ0) is 45.8. The molecule has 0 aliphatic rings. The summed E-state index contributed by atoms with van der Waals surface area (Å²) in [4.78, 5) is 0. The quantitative estimate of drug-likeness (QED) is 0.108. The maximum absolute atomic E-state index is 8.38. The Morgan fingerprint density at radius 1 is 0.217 bits per heavy atom. The first-order valence-corrected chi connectivity index (χ1v) is 26.1. The Balaban J connectivity index is 0.000000201. The molecule has 0 bridgehead atoms. The van der Waals surface area contributed by atoms with Crippen LogP contribution >= 0.6 is 15.8 Å². The molecule has 0 saturated heterocycles. The van der Waals surface area contributed by atoms with Gasteiger partial charge in [0.05, 0.1) is 15.8 Å². The van der Waals surface area contributed by atoms with Crippen LogP contribution < -0.4 is 31.8 Å². The molecule has 0 atom stereocenters. The molecular formula is C64H48N2P2Pd+2. The van der Waals surface area contributed by atoms with Crippen LogP contribution in [0.15, 0.2) is 267 Å². The van der Waals surface area contributed by atoms with Crippen molar-refractivity contribution in [1.82, 2.24) is 0 Å². The zero-order valence-corrected chi connectivity index (χ0v) is 41.3. The van der Waals surface area contributed by atoms with E-state index in [1.54, 1.807) is 0 Å². The summed E-state index contributed by atoms with van der Waals surface area (Å²) in [6, 6.07) is 95.9. The van der Waals surface area contributed by atoms with Crippen molar-refractivity contribution in [3.8, 4) is 22.3 Å². The van der Waals surface area contributed by atoms with E-state index in [1.807, 2.05) is 72.8 Å². The summed E-state index contributed by atoms with van der Waals surface area (Å²) in [6.45, 7) is 0. The standard InChI is InChI=1S/C44H32P2.C20H14N2.Pd/c1-5-19-35(20-6-1)45(36-21-7-2-8-22-36)41-31-29-33-17-13-15-27-39(33)43(41)44-40-28-16-14-18-34(40)30-32-42(44)46(37-23-9-3-10-24-37)38-25-11-4-12-26-38;21-17-11-9-13-5-1-3-7-15(13)19(17)20-16-8-4-2-6-14(16)10-12-18(20)22;/h1-32H;1-12,21-22H;/q;-2;+2/p+2. The molecule has 0 radical (unpaired) electrons. The molecule has 12 aromatic rings. The predicted molar refractivity (Wildman–Crippen MR) is 302 cm³/mol. The fourth-order valence-corrected chi connectivity index (χ4v) is 15.5. The summed E-state index contributed by atoms with van der Waals surface area (Å²) in [5, 5.41) is 17.9. The average molecular weight is 1010 g/mol. The molecule has 12 rings (SSSR count). The van der Waals surface area contributed by atoms with E-state index in [-0.39, 0.29) is 20.4 Å². The third kappa shape index (κ3) is 9.00.